The number of H-pyrrole nitrogens is 1. The van der Waals surface area contributed by atoms with E-state index in [2.05, 4.69) is 52.5 Å². The van der Waals surface area contributed by atoms with Crippen molar-refractivity contribution in [3.8, 4) is 0 Å². The molecule has 0 radical (unpaired) electrons. The van der Waals surface area contributed by atoms with E-state index < -0.39 is 0 Å². The molecule has 0 amide bonds. The van der Waals surface area contributed by atoms with Crippen LogP contribution < -0.4 is 0 Å². The van der Waals surface area contributed by atoms with Crippen molar-refractivity contribution in [3.63, 3.8) is 0 Å². The van der Waals surface area contributed by atoms with E-state index in [9.17, 15) is 0 Å². The van der Waals surface area contributed by atoms with E-state index >= 15 is 0 Å². The molecule has 3 aromatic rings. The van der Waals surface area contributed by atoms with Crippen molar-refractivity contribution < 1.29 is 0 Å². The largest absolute Gasteiger partial charge is 0.361 e. The van der Waals surface area contributed by atoms with E-state index in [1.165, 1.54) is 34.9 Å². The maximum Gasteiger partial charge on any atom is 0.0637 e. The Balaban J connectivity index is 1.89. The number of likely N-dealkylation sites (tertiary alicyclic amines) is 1. The lowest BCUT2D eigenvalue weighted by Gasteiger charge is -2.28. The molecule has 112 valence electrons. The molecule has 2 aromatic carbocycles. The average molecular weight is 311 g/mol. The highest BCUT2D eigenvalue weighted by atomic mass is 35.5. The number of fused-ring (bicyclic) bond motifs is 1. The molecule has 1 aromatic heterocycles. The first-order chi connectivity index (χ1) is 10.8. The van der Waals surface area contributed by atoms with Gasteiger partial charge >= 0.3 is 0 Å². The minimum atomic E-state index is 0.229. The molecule has 2 nitrogen and oxygen atoms in total. The fraction of sp³-hybridized carbons (Fsp3) is 0.263. The van der Waals surface area contributed by atoms with Crippen molar-refractivity contribution in [1.29, 1.82) is 0 Å². The van der Waals surface area contributed by atoms with Crippen LogP contribution in [0.3, 0.4) is 0 Å². The van der Waals surface area contributed by atoms with E-state index in [-0.39, 0.29) is 6.04 Å². The van der Waals surface area contributed by atoms with Crippen LogP contribution in [0.4, 0.5) is 0 Å². The second-order valence-corrected chi connectivity index (χ2v) is 6.36. The fourth-order valence-corrected chi connectivity index (χ4v) is 3.82. The number of nitrogens with one attached hydrogen (secondary N) is 1. The molecule has 1 atom stereocenters. The molecular weight excluding hydrogens is 292 g/mol. The van der Waals surface area contributed by atoms with Crippen LogP contribution in [0.5, 0.6) is 0 Å². The molecule has 0 bridgehead atoms. The summed E-state index contributed by atoms with van der Waals surface area (Å²) in [6.45, 7) is 2.27. The molecule has 3 heteroatoms. The summed E-state index contributed by atoms with van der Waals surface area (Å²) in [5, 5.41) is 2.14. The van der Waals surface area contributed by atoms with Gasteiger partial charge in [0.2, 0.25) is 0 Å². The minimum absolute atomic E-state index is 0.229. The van der Waals surface area contributed by atoms with Gasteiger partial charge in [0.1, 0.15) is 0 Å². The Hall–Kier alpha value is -1.77. The average Bonchev–Trinajstić information content (AvgIpc) is 3.20. The van der Waals surface area contributed by atoms with Crippen LogP contribution in [-0.4, -0.2) is 23.0 Å². The molecule has 1 aliphatic rings. The molecule has 1 unspecified atom stereocenters. The number of hydrogen-bond donors (Lipinski definition) is 1. The van der Waals surface area contributed by atoms with Gasteiger partial charge in [0.05, 0.1) is 6.04 Å². The standard InChI is InChI=1S/C19H19ClN2/c20-17-9-3-1-8-15(17)19(22-11-5-6-12-22)16-13-21-18-10-4-2-7-14(16)18/h1-4,7-10,13,19,21H,5-6,11-12H2. The first kappa shape index (κ1) is 13.9. The molecule has 1 N–H and O–H groups in total. The maximum atomic E-state index is 6.53. The van der Waals surface area contributed by atoms with E-state index in [0.717, 1.165) is 18.1 Å². The topological polar surface area (TPSA) is 19.0 Å². The molecule has 0 aliphatic carbocycles. The van der Waals surface area contributed by atoms with Crippen LogP contribution in [0.2, 0.25) is 5.02 Å². The van der Waals surface area contributed by atoms with Crippen molar-refractivity contribution in [1.82, 2.24) is 9.88 Å². The first-order valence-electron chi connectivity index (χ1n) is 7.89. The van der Waals surface area contributed by atoms with Gasteiger partial charge in [-0.3, -0.25) is 4.90 Å². The van der Waals surface area contributed by atoms with E-state index in [1.807, 2.05) is 12.1 Å². The van der Waals surface area contributed by atoms with E-state index in [0.29, 0.717) is 0 Å². The minimum Gasteiger partial charge on any atom is -0.361 e. The number of benzene rings is 2. The maximum absolute atomic E-state index is 6.53. The van der Waals surface area contributed by atoms with Gasteiger partial charge in [0.25, 0.3) is 0 Å². The Morgan fingerprint density at radius 3 is 2.45 bits per heavy atom. The summed E-state index contributed by atoms with van der Waals surface area (Å²) in [4.78, 5) is 5.96. The van der Waals surface area contributed by atoms with E-state index in [4.69, 9.17) is 11.6 Å². The summed E-state index contributed by atoms with van der Waals surface area (Å²) in [5.41, 5.74) is 3.72. The van der Waals surface area contributed by atoms with Gasteiger partial charge in [-0.1, -0.05) is 48.0 Å². The van der Waals surface area contributed by atoms with Crippen LogP contribution in [0.15, 0.2) is 54.7 Å². The van der Waals surface area contributed by atoms with Crippen molar-refractivity contribution in [3.05, 3.63) is 70.9 Å². The molecule has 4 rings (SSSR count). The Labute approximate surface area is 135 Å². The number of halogens is 1. The van der Waals surface area contributed by atoms with Gasteiger partial charge in [0.15, 0.2) is 0 Å². The highest BCUT2D eigenvalue weighted by Crippen LogP contribution is 2.38. The van der Waals surface area contributed by atoms with Crippen LogP contribution in [0.25, 0.3) is 10.9 Å². The summed E-state index contributed by atoms with van der Waals surface area (Å²) < 4.78 is 0. The monoisotopic (exact) mass is 310 g/mol. The van der Waals surface area contributed by atoms with Gasteiger partial charge in [-0.25, -0.2) is 0 Å². The predicted molar refractivity (Wildman–Crippen MR) is 92.4 cm³/mol. The summed E-state index contributed by atoms with van der Waals surface area (Å²) in [6.07, 6.45) is 4.68. The normalized spacial score (nSPS) is 17.1. The van der Waals surface area contributed by atoms with Gasteiger partial charge < -0.3 is 4.98 Å². The van der Waals surface area contributed by atoms with Crippen LogP contribution >= 0.6 is 11.6 Å². The molecular formula is C19H19ClN2. The van der Waals surface area contributed by atoms with Gasteiger partial charge in [-0.05, 0) is 49.2 Å². The van der Waals surface area contributed by atoms with Crippen LogP contribution in [-0.2, 0) is 0 Å². The van der Waals surface area contributed by atoms with Crippen molar-refractivity contribution in [2.75, 3.05) is 13.1 Å². The van der Waals surface area contributed by atoms with Crippen LogP contribution in [0.1, 0.15) is 30.0 Å². The summed E-state index contributed by atoms with van der Waals surface area (Å²) >= 11 is 6.53. The molecule has 2 heterocycles. The summed E-state index contributed by atoms with van der Waals surface area (Å²) in [5.74, 6) is 0. The first-order valence-corrected chi connectivity index (χ1v) is 8.27. The number of aromatic amines is 1. The zero-order valence-corrected chi connectivity index (χ0v) is 13.2. The number of nitrogens with zero attached hydrogens (tertiary/aromatic N) is 1. The second kappa shape index (κ2) is 5.79. The number of para-hydroxylation sites is 1. The zero-order chi connectivity index (χ0) is 14.9. The molecule has 0 spiro atoms. The van der Waals surface area contributed by atoms with Crippen molar-refractivity contribution in [2.24, 2.45) is 0 Å². The smallest absolute Gasteiger partial charge is 0.0637 e. The molecule has 22 heavy (non-hydrogen) atoms. The Morgan fingerprint density at radius 2 is 1.64 bits per heavy atom. The summed E-state index contributed by atoms with van der Waals surface area (Å²) in [7, 11) is 0. The fourth-order valence-electron chi connectivity index (χ4n) is 3.58. The van der Waals surface area contributed by atoms with Gasteiger partial charge in [-0.2, -0.15) is 0 Å². The Morgan fingerprint density at radius 1 is 0.909 bits per heavy atom. The van der Waals surface area contributed by atoms with Crippen molar-refractivity contribution in [2.45, 2.75) is 18.9 Å². The lowest BCUT2D eigenvalue weighted by atomic mass is 9.96. The van der Waals surface area contributed by atoms with Gasteiger partial charge in [-0.15, -0.1) is 0 Å². The number of aromatic nitrogens is 1. The number of rotatable bonds is 3. The number of hydrogen-bond acceptors (Lipinski definition) is 1. The quantitative estimate of drug-likeness (QED) is 0.720. The Kier molecular flexibility index (Phi) is 3.65. The third kappa shape index (κ3) is 2.33. The van der Waals surface area contributed by atoms with E-state index in [1.54, 1.807) is 0 Å². The van der Waals surface area contributed by atoms with Crippen LogP contribution in [0, 0.1) is 0 Å². The lowest BCUT2D eigenvalue weighted by molar-refractivity contribution is 0.282. The lowest BCUT2D eigenvalue weighted by Crippen LogP contribution is -2.26. The molecule has 1 saturated heterocycles. The van der Waals surface area contributed by atoms with Gasteiger partial charge in [0, 0.05) is 22.1 Å². The van der Waals surface area contributed by atoms with Crippen molar-refractivity contribution >= 4 is 22.5 Å². The highest BCUT2D eigenvalue weighted by Gasteiger charge is 2.28. The molecule has 0 saturated carbocycles. The summed E-state index contributed by atoms with van der Waals surface area (Å²) in [6, 6.07) is 17.0. The Bertz CT molecular complexity index is 787. The molecule has 1 aliphatic heterocycles. The zero-order valence-electron chi connectivity index (χ0n) is 12.4. The SMILES string of the molecule is Clc1ccccc1C(c1c[nH]c2ccccc12)N1CCCC1. The third-order valence-electron chi connectivity index (χ3n) is 4.62. The second-order valence-electron chi connectivity index (χ2n) is 5.96. The highest BCUT2D eigenvalue weighted by molar-refractivity contribution is 6.31. The molecule has 1 fully saturated rings. The third-order valence-corrected chi connectivity index (χ3v) is 4.97. The predicted octanol–water partition coefficient (Wildman–Crippen LogP) is 5.01.